The Kier molecular flexibility index (Phi) is 11.2. The summed E-state index contributed by atoms with van der Waals surface area (Å²) in [5, 5.41) is 9.35. The first kappa shape index (κ1) is 28.0. The van der Waals surface area contributed by atoms with Crippen LogP contribution in [0.4, 0.5) is 0 Å². The minimum absolute atomic E-state index is 0.0767. The van der Waals surface area contributed by atoms with Crippen molar-refractivity contribution in [2.24, 2.45) is 23.7 Å². The summed E-state index contributed by atoms with van der Waals surface area (Å²) in [6.07, 6.45) is 10.4. The highest BCUT2D eigenvalue weighted by Gasteiger charge is 2.36. The van der Waals surface area contributed by atoms with E-state index in [4.69, 9.17) is 0 Å². The third kappa shape index (κ3) is 9.19. The van der Waals surface area contributed by atoms with E-state index >= 15 is 0 Å². The average Bonchev–Trinajstić information content (AvgIpc) is 2.80. The van der Waals surface area contributed by atoms with Crippen LogP contribution in [-0.4, -0.2) is 42.7 Å². The molecule has 0 aromatic heterocycles. The number of amides is 2. The molecule has 0 heterocycles. The van der Waals surface area contributed by atoms with Crippen LogP contribution >= 0.6 is 0 Å². The SMILES string of the molecule is CC(C)C[C@@H](C(=O)NN(CC1CCCCC1)S(C)(=O)=O)[C@H](CC=Cc1ccccc1)C(=O)NO. The lowest BCUT2D eigenvalue weighted by molar-refractivity contribution is -0.142. The van der Waals surface area contributed by atoms with Crippen molar-refractivity contribution in [3.8, 4) is 0 Å². The van der Waals surface area contributed by atoms with Gasteiger partial charge in [0.2, 0.25) is 21.8 Å². The molecule has 1 fully saturated rings. The van der Waals surface area contributed by atoms with Gasteiger partial charge in [0, 0.05) is 6.54 Å². The van der Waals surface area contributed by atoms with Crippen LogP contribution < -0.4 is 10.9 Å². The van der Waals surface area contributed by atoms with Crippen LogP contribution in [-0.2, 0) is 19.6 Å². The lowest BCUT2D eigenvalue weighted by Crippen LogP contribution is -2.52. The number of hydrazine groups is 1. The number of carbonyl (C=O) groups excluding carboxylic acids is 2. The number of benzene rings is 1. The first-order valence-electron chi connectivity index (χ1n) is 12.1. The van der Waals surface area contributed by atoms with E-state index in [9.17, 15) is 23.2 Å². The third-order valence-corrected chi connectivity index (χ3v) is 7.32. The summed E-state index contributed by atoms with van der Waals surface area (Å²) in [5.74, 6) is -2.61. The fourth-order valence-electron chi connectivity index (χ4n) is 4.49. The van der Waals surface area contributed by atoms with E-state index in [-0.39, 0.29) is 24.8 Å². The number of nitrogens with zero attached hydrogens (tertiary/aromatic N) is 1. The van der Waals surface area contributed by atoms with Gasteiger partial charge in [0.25, 0.3) is 0 Å². The second-order valence-electron chi connectivity index (χ2n) is 9.64. The Hall–Kier alpha value is -2.23. The van der Waals surface area contributed by atoms with Gasteiger partial charge in [0.15, 0.2) is 0 Å². The Morgan fingerprint density at radius 2 is 1.74 bits per heavy atom. The number of carbonyl (C=O) groups is 2. The molecule has 190 valence electrons. The second kappa shape index (κ2) is 13.6. The smallest absolute Gasteiger partial charge is 0.247 e. The fourth-order valence-corrected chi connectivity index (χ4v) is 5.23. The van der Waals surface area contributed by atoms with Gasteiger partial charge in [-0.25, -0.2) is 13.9 Å². The monoisotopic (exact) mass is 493 g/mol. The molecule has 1 aliphatic carbocycles. The molecule has 3 N–H and O–H groups in total. The lowest BCUT2D eigenvalue weighted by atomic mass is 9.82. The molecule has 0 aliphatic heterocycles. The molecule has 8 nitrogen and oxygen atoms in total. The predicted octanol–water partition coefficient (Wildman–Crippen LogP) is 3.75. The number of sulfonamides is 1. The summed E-state index contributed by atoms with van der Waals surface area (Å²) in [5.41, 5.74) is 5.24. The molecule has 1 aromatic carbocycles. The molecule has 34 heavy (non-hydrogen) atoms. The minimum atomic E-state index is -3.69. The van der Waals surface area contributed by atoms with Crippen LogP contribution in [0.2, 0.25) is 0 Å². The summed E-state index contributed by atoms with van der Waals surface area (Å²) < 4.78 is 25.9. The van der Waals surface area contributed by atoms with E-state index in [1.807, 2.05) is 50.3 Å². The summed E-state index contributed by atoms with van der Waals surface area (Å²) in [7, 11) is -3.69. The topological polar surface area (TPSA) is 116 Å². The van der Waals surface area contributed by atoms with Crippen molar-refractivity contribution in [1.29, 1.82) is 0 Å². The molecule has 1 aliphatic rings. The van der Waals surface area contributed by atoms with Crippen molar-refractivity contribution < 1.29 is 23.2 Å². The van der Waals surface area contributed by atoms with Crippen LogP contribution in [0.3, 0.4) is 0 Å². The summed E-state index contributed by atoms with van der Waals surface area (Å²) in [4.78, 5) is 25.9. The standard InChI is InChI=1S/C25H39N3O5S/c1-19(2)17-23(22(25(30)27-31)16-10-15-20-11-6-4-7-12-20)24(29)26-28(34(3,32)33)18-21-13-8-5-9-14-21/h4,6-7,10-12,15,19,21-23,31H,5,8-9,13-14,16-18H2,1-3H3,(H,26,29)(H,27,30)/t22-,23+/m0/s1. The van der Waals surface area contributed by atoms with Gasteiger partial charge in [-0.3, -0.25) is 20.2 Å². The maximum Gasteiger partial charge on any atom is 0.247 e. The van der Waals surface area contributed by atoms with Crippen LogP contribution in [0, 0.1) is 23.7 Å². The Morgan fingerprint density at radius 1 is 1.09 bits per heavy atom. The second-order valence-corrected chi connectivity index (χ2v) is 11.5. The summed E-state index contributed by atoms with van der Waals surface area (Å²) >= 11 is 0. The highest BCUT2D eigenvalue weighted by Crippen LogP contribution is 2.27. The normalized spacial score (nSPS) is 17.1. The molecule has 1 saturated carbocycles. The molecule has 0 bridgehead atoms. The number of nitrogens with one attached hydrogen (secondary N) is 2. The summed E-state index contributed by atoms with van der Waals surface area (Å²) in [6.45, 7) is 4.10. The van der Waals surface area contributed by atoms with Crippen molar-refractivity contribution >= 4 is 27.9 Å². The molecule has 1 aromatic rings. The van der Waals surface area contributed by atoms with E-state index in [1.54, 1.807) is 11.6 Å². The van der Waals surface area contributed by atoms with Crippen molar-refractivity contribution in [3.63, 3.8) is 0 Å². The molecular weight excluding hydrogens is 454 g/mol. The molecule has 0 unspecified atom stereocenters. The van der Waals surface area contributed by atoms with Gasteiger partial charge < -0.3 is 0 Å². The Labute approximate surface area is 203 Å². The first-order chi connectivity index (χ1) is 16.1. The maximum absolute atomic E-state index is 13.4. The van der Waals surface area contributed by atoms with Crippen molar-refractivity contribution in [2.75, 3.05) is 12.8 Å². The number of hydrogen-bond acceptors (Lipinski definition) is 5. The number of hydroxylamine groups is 1. The maximum atomic E-state index is 13.4. The fraction of sp³-hybridized carbons (Fsp3) is 0.600. The van der Waals surface area contributed by atoms with Crippen molar-refractivity contribution in [2.45, 2.75) is 58.8 Å². The van der Waals surface area contributed by atoms with Gasteiger partial charge in [-0.15, -0.1) is 4.41 Å². The number of allylic oxidation sites excluding steroid dienone is 1. The quantitative estimate of drug-likeness (QED) is 0.303. The molecule has 9 heteroatoms. The lowest BCUT2D eigenvalue weighted by Gasteiger charge is -2.31. The first-order valence-corrected chi connectivity index (χ1v) is 13.9. The zero-order valence-corrected chi connectivity index (χ0v) is 21.3. The van der Waals surface area contributed by atoms with Gasteiger partial charge in [-0.1, -0.05) is 75.6 Å². The van der Waals surface area contributed by atoms with Gasteiger partial charge in [0.1, 0.15) is 0 Å². The molecule has 0 saturated heterocycles. The van der Waals surface area contributed by atoms with E-state index in [2.05, 4.69) is 5.43 Å². The molecular formula is C25H39N3O5S. The van der Waals surface area contributed by atoms with E-state index in [0.717, 1.165) is 48.3 Å². The summed E-state index contributed by atoms with van der Waals surface area (Å²) in [6, 6.07) is 9.55. The molecule has 0 radical (unpaired) electrons. The predicted molar refractivity (Wildman–Crippen MR) is 133 cm³/mol. The number of rotatable bonds is 12. The van der Waals surface area contributed by atoms with Gasteiger partial charge in [-0.2, -0.15) is 0 Å². The minimum Gasteiger partial charge on any atom is -0.289 e. The Morgan fingerprint density at radius 3 is 2.29 bits per heavy atom. The molecule has 2 rings (SSSR count). The molecule has 2 atom stereocenters. The molecule has 2 amide bonds. The van der Waals surface area contributed by atoms with Crippen LogP contribution in [0.15, 0.2) is 36.4 Å². The van der Waals surface area contributed by atoms with E-state index < -0.39 is 33.7 Å². The number of hydrogen-bond donors (Lipinski definition) is 3. The highest BCUT2D eigenvalue weighted by molar-refractivity contribution is 7.88. The van der Waals surface area contributed by atoms with Crippen LogP contribution in [0.1, 0.15) is 64.4 Å². The highest BCUT2D eigenvalue weighted by atomic mass is 32.2. The van der Waals surface area contributed by atoms with Crippen LogP contribution in [0.25, 0.3) is 6.08 Å². The Balaban J connectivity index is 2.22. The van der Waals surface area contributed by atoms with Gasteiger partial charge >= 0.3 is 0 Å². The molecule has 0 spiro atoms. The van der Waals surface area contributed by atoms with Crippen molar-refractivity contribution in [1.82, 2.24) is 15.3 Å². The average molecular weight is 494 g/mol. The zero-order valence-electron chi connectivity index (χ0n) is 20.4. The zero-order chi connectivity index (χ0) is 25.1. The van der Waals surface area contributed by atoms with E-state index in [0.29, 0.717) is 6.42 Å². The van der Waals surface area contributed by atoms with E-state index in [1.165, 1.54) is 0 Å². The van der Waals surface area contributed by atoms with Gasteiger partial charge in [-0.05, 0) is 43.1 Å². The van der Waals surface area contributed by atoms with Crippen molar-refractivity contribution in [3.05, 3.63) is 42.0 Å². The third-order valence-electron chi connectivity index (χ3n) is 6.28. The Bertz CT molecular complexity index is 912. The van der Waals surface area contributed by atoms with Gasteiger partial charge in [0.05, 0.1) is 18.1 Å². The largest absolute Gasteiger partial charge is 0.289 e. The van der Waals surface area contributed by atoms with Crippen LogP contribution in [0.5, 0.6) is 0 Å².